The molecule has 0 unspecified atom stereocenters. The van der Waals surface area contributed by atoms with E-state index in [0.29, 0.717) is 22.7 Å². The summed E-state index contributed by atoms with van der Waals surface area (Å²) in [5, 5.41) is 2.96. The van der Waals surface area contributed by atoms with Gasteiger partial charge in [-0.1, -0.05) is 43.3 Å². The van der Waals surface area contributed by atoms with E-state index in [4.69, 9.17) is 4.74 Å². The molecule has 0 atom stereocenters. The van der Waals surface area contributed by atoms with E-state index in [2.05, 4.69) is 5.32 Å². The van der Waals surface area contributed by atoms with E-state index in [1.807, 2.05) is 19.1 Å². The molecule has 0 aromatic heterocycles. The molecule has 1 aliphatic rings. The van der Waals surface area contributed by atoms with Gasteiger partial charge in [0, 0.05) is 11.3 Å². The van der Waals surface area contributed by atoms with Gasteiger partial charge in [0.25, 0.3) is 11.8 Å². The van der Waals surface area contributed by atoms with Crippen molar-refractivity contribution in [1.29, 1.82) is 0 Å². The van der Waals surface area contributed by atoms with Crippen LogP contribution in [0.2, 0.25) is 0 Å². The van der Waals surface area contributed by atoms with Crippen molar-refractivity contribution in [1.82, 2.24) is 0 Å². The first-order chi connectivity index (χ1) is 15.0. The van der Waals surface area contributed by atoms with E-state index in [1.165, 1.54) is 25.3 Å². The van der Waals surface area contributed by atoms with Gasteiger partial charge < -0.3 is 10.1 Å². The molecule has 31 heavy (non-hydrogen) atoms. The Kier molecular flexibility index (Phi) is 5.54. The van der Waals surface area contributed by atoms with Gasteiger partial charge in [-0.3, -0.25) is 9.59 Å². The molecule has 0 saturated carbocycles. The van der Waals surface area contributed by atoms with Crippen molar-refractivity contribution in [2.24, 2.45) is 0 Å². The van der Waals surface area contributed by atoms with Gasteiger partial charge in [0.15, 0.2) is 0 Å². The number of carbonyl (C=O) groups excluding carboxylic acids is 2. The predicted octanol–water partition coefficient (Wildman–Crippen LogP) is 4.79. The molecule has 156 valence electrons. The summed E-state index contributed by atoms with van der Waals surface area (Å²) in [7, 11) is 1.50. The Labute approximate surface area is 179 Å². The zero-order valence-corrected chi connectivity index (χ0v) is 17.2. The molecule has 0 aliphatic carbocycles. The molecule has 0 fully saturated rings. The van der Waals surface area contributed by atoms with E-state index in [9.17, 15) is 14.0 Å². The molecule has 2 amide bonds. The van der Waals surface area contributed by atoms with Gasteiger partial charge in [-0.05, 0) is 48.4 Å². The second-order valence-electron chi connectivity index (χ2n) is 7.05. The van der Waals surface area contributed by atoms with Crippen molar-refractivity contribution in [2.45, 2.75) is 13.3 Å². The van der Waals surface area contributed by atoms with Crippen LogP contribution in [0.15, 0.2) is 78.5 Å². The second kappa shape index (κ2) is 8.44. The number of imide groups is 1. The van der Waals surface area contributed by atoms with Gasteiger partial charge in [0.05, 0.1) is 18.4 Å². The fraction of sp³-hybridized carbons (Fsp3) is 0.120. The van der Waals surface area contributed by atoms with Crippen molar-refractivity contribution in [3.63, 3.8) is 0 Å². The van der Waals surface area contributed by atoms with Crippen LogP contribution in [0.5, 0.6) is 5.75 Å². The number of carbonyl (C=O) groups is 2. The molecule has 3 aromatic rings. The number of nitrogens with zero attached hydrogens (tertiary/aromatic N) is 1. The summed E-state index contributed by atoms with van der Waals surface area (Å²) in [6, 6.07) is 20.0. The van der Waals surface area contributed by atoms with Crippen LogP contribution in [0.3, 0.4) is 0 Å². The average molecular weight is 416 g/mol. The minimum Gasteiger partial charge on any atom is -0.496 e. The monoisotopic (exact) mass is 416 g/mol. The smallest absolute Gasteiger partial charge is 0.282 e. The molecule has 6 heteroatoms. The number of benzene rings is 3. The van der Waals surface area contributed by atoms with Crippen LogP contribution in [0.25, 0.3) is 5.57 Å². The molecular weight excluding hydrogens is 395 g/mol. The Bertz CT molecular complexity index is 1190. The first-order valence-electron chi connectivity index (χ1n) is 9.91. The molecule has 1 aliphatic heterocycles. The lowest BCUT2D eigenvalue weighted by Crippen LogP contribution is -2.32. The van der Waals surface area contributed by atoms with Crippen molar-refractivity contribution in [2.75, 3.05) is 17.3 Å². The highest BCUT2D eigenvalue weighted by molar-refractivity contribution is 6.46. The number of halogens is 1. The Morgan fingerprint density at radius 1 is 0.935 bits per heavy atom. The Morgan fingerprint density at radius 2 is 1.68 bits per heavy atom. The minimum absolute atomic E-state index is 0.0691. The van der Waals surface area contributed by atoms with Gasteiger partial charge in [0.2, 0.25) is 0 Å². The topological polar surface area (TPSA) is 58.6 Å². The van der Waals surface area contributed by atoms with Crippen LogP contribution in [0, 0.1) is 5.82 Å². The quantitative estimate of drug-likeness (QED) is 0.587. The first kappa shape index (κ1) is 20.3. The van der Waals surface area contributed by atoms with Gasteiger partial charge in [0.1, 0.15) is 17.3 Å². The summed E-state index contributed by atoms with van der Waals surface area (Å²) in [4.78, 5) is 28.0. The molecular formula is C25H21FN2O3. The minimum atomic E-state index is -0.514. The fourth-order valence-electron chi connectivity index (χ4n) is 3.57. The second-order valence-corrected chi connectivity index (χ2v) is 7.05. The van der Waals surface area contributed by atoms with Gasteiger partial charge >= 0.3 is 0 Å². The number of aryl methyl sites for hydroxylation is 1. The Balaban J connectivity index is 1.84. The number of methoxy groups -OCH3 is 1. The number of para-hydroxylation sites is 1. The third-order valence-corrected chi connectivity index (χ3v) is 5.16. The Morgan fingerprint density at radius 3 is 2.35 bits per heavy atom. The van der Waals surface area contributed by atoms with E-state index in [0.717, 1.165) is 16.9 Å². The summed E-state index contributed by atoms with van der Waals surface area (Å²) in [6.07, 6.45) is 0.846. The number of amides is 2. The van der Waals surface area contributed by atoms with E-state index < -0.39 is 17.6 Å². The average Bonchev–Trinajstić information content (AvgIpc) is 3.03. The lowest BCUT2D eigenvalue weighted by Gasteiger charge is -2.16. The molecule has 4 rings (SSSR count). The maximum absolute atomic E-state index is 13.7. The number of hydrogen-bond donors (Lipinski definition) is 1. The highest BCUT2D eigenvalue weighted by Crippen LogP contribution is 2.37. The van der Waals surface area contributed by atoms with Crippen LogP contribution in [-0.2, 0) is 16.0 Å². The predicted molar refractivity (Wildman–Crippen MR) is 118 cm³/mol. The van der Waals surface area contributed by atoms with Gasteiger partial charge in [-0.2, -0.15) is 0 Å². The van der Waals surface area contributed by atoms with Gasteiger partial charge in [-0.15, -0.1) is 0 Å². The molecule has 3 aromatic carbocycles. The largest absolute Gasteiger partial charge is 0.496 e. The Hall–Kier alpha value is -3.93. The molecule has 0 spiro atoms. The molecule has 5 nitrogen and oxygen atoms in total. The lowest BCUT2D eigenvalue weighted by atomic mass is 10.0. The number of rotatable bonds is 6. The maximum Gasteiger partial charge on any atom is 0.282 e. The number of anilines is 2. The van der Waals surface area contributed by atoms with Crippen molar-refractivity contribution >= 4 is 28.8 Å². The normalized spacial score (nSPS) is 13.7. The summed E-state index contributed by atoms with van der Waals surface area (Å²) < 4.78 is 19.2. The SMILES string of the molecule is CCc1ccc(N2C(=O)C(Nc3cccc(F)c3)=C(c3ccccc3OC)C2=O)cc1. The van der Waals surface area contributed by atoms with Gasteiger partial charge in [-0.25, -0.2) is 9.29 Å². The number of hydrogen-bond acceptors (Lipinski definition) is 4. The van der Waals surface area contributed by atoms with Crippen molar-refractivity contribution in [3.05, 3.63) is 95.4 Å². The van der Waals surface area contributed by atoms with Crippen LogP contribution in [0.1, 0.15) is 18.1 Å². The van der Waals surface area contributed by atoms with Crippen LogP contribution in [0.4, 0.5) is 15.8 Å². The lowest BCUT2D eigenvalue weighted by molar-refractivity contribution is -0.120. The summed E-state index contributed by atoms with van der Waals surface area (Å²) in [6.45, 7) is 2.03. The third kappa shape index (κ3) is 3.80. The first-order valence-corrected chi connectivity index (χ1v) is 9.91. The highest BCUT2D eigenvalue weighted by Gasteiger charge is 2.41. The molecule has 0 radical (unpaired) electrons. The standard InChI is InChI=1S/C25H21FN2O3/c1-3-16-11-13-19(14-12-16)28-24(29)22(20-9-4-5-10-21(20)31-2)23(25(28)30)27-18-8-6-7-17(26)15-18/h4-15,27H,3H2,1-2H3. The van der Waals surface area contributed by atoms with Crippen LogP contribution < -0.4 is 15.0 Å². The highest BCUT2D eigenvalue weighted by atomic mass is 19.1. The maximum atomic E-state index is 13.7. The zero-order valence-electron chi connectivity index (χ0n) is 17.2. The third-order valence-electron chi connectivity index (χ3n) is 5.16. The summed E-state index contributed by atoms with van der Waals surface area (Å²) in [5.41, 5.74) is 2.65. The number of nitrogens with one attached hydrogen (secondary N) is 1. The summed E-state index contributed by atoms with van der Waals surface area (Å²) >= 11 is 0. The summed E-state index contributed by atoms with van der Waals surface area (Å²) in [5.74, 6) is -0.981. The van der Waals surface area contributed by atoms with E-state index in [-0.39, 0.29) is 11.3 Å². The number of ether oxygens (including phenoxy) is 1. The van der Waals surface area contributed by atoms with Crippen LogP contribution >= 0.6 is 0 Å². The molecule has 1 heterocycles. The van der Waals surface area contributed by atoms with E-state index >= 15 is 0 Å². The zero-order chi connectivity index (χ0) is 22.0. The molecule has 1 N–H and O–H groups in total. The van der Waals surface area contributed by atoms with Crippen molar-refractivity contribution < 1.29 is 18.7 Å². The van der Waals surface area contributed by atoms with E-state index in [1.54, 1.807) is 42.5 Å². The van der Waals surface area contributed by atoms with Crippen LogP contribution in [-0.4, -0.2) is 18.9 Å². The van der Waals surface area contributed by atoms with Crippen molar-refractivity contribution in [3.8, 4) is 5.75 Å². The molecule has 0 saturated heterocycles. The fourth-order valence-corrected chi connectivity index (χ4v) is 3.57. The molecule has 0 bridgehead atoms.